The molecule has 21 heavy (non-hydrogen) atoms. The zero-order valence-electron chi connectivity index (χ0n) is 11.4. The molecule has 2 N–H and O–H groups in total. The first-order valence-corrected chi connectivity index (χ1v) is 7.13. The van der Waals surface area contributed by atoms with Crippen LogP contribution in [0.5, 0.6) is 5.75 Å². The average Bonchev–Trinajstić information content (AvgIpc) is 2.88. The molecular weight excluding hydrogens is 282 g/mol. The van der Waals surface area contributed by atoms with Gasteiger partial charge in [-0.15, -0.1) is 0 Å². The van der Waals surface area contributed by atoms with Crippen LogP contribution in [-0.4, -0.2) is 19.9 Å². The van der Waals surface area contributed by atoms with Crippen molar-refractivity contribution in [1.82, 2.24) is 14.8 Å². The summed E-state index contributed by atoms with van der Waals surface area (Å²) >= 11 is 5.31. The van der Waals surface area contributed by atoms with Crippen molar-refractivity contribution >= 4 is 12.2 Å². The molecule has 0 radical (unpaired) electrons. The summed E-state index contributed by atoms with van der Waals surface area (Å²) in [4.78, 5) is 0. The molecule has 5 heteroatoms. The minimum atomic E-state index is 0.240. The Hall–Kier alpha value is -2.40. The van der Waals surface area contributed by atoms with Crippen molar-refractivity contribution in [2.75, 3.05) is 0 Å². The highest BCUT2D eigenvalue weighted by molar-refractivity contribution is 7.71. The van der Waals surface area contributed by atoms with E-state index < -0.39 is 0 Å². The fourth-order valence-corrected chi connectivity index (χ4v) is 2.46. The van der Waals surface area contributed by atoms with Crippen LogP contribution in [0.3, 0.4) is 0 Å². The van der Waals surface area contributed by atoms with E-state index in [-0.39, 0.29) is 5.75 Å². The van der Waals surface area contributed by atoms with Crippen LogP contribution in [-0.2, 0) is 13.0 Å². The van der Waals surface area contributed by atoms with Gasteiger partial charge >= 0.3 is 0 Å². The molecule has 1 aromatic heterocycles. The monoisotopic (exact) mass is 297 g/mol. The predicted octanol–water partition coefficient (Wildman–Crippen LogP) is 3.56. The number of nitrogens with zero attached hydrogens (tertiary/aromatic N) is 2. The Labute approximate surface area is 127 Å². The van der Waals surface area contributed by atoms with E-state index in [1.165, 1.54) is 5.56 Å². The number of phenolic OH excluding ortho intramolecular Hbond substituents is 1. The lowest BCUT2D eigenvalue weighted by Gasteiger charge is -2.07. The quantitative estimate of drug-likeness (QED) is 0.724. The first-order chi connectivity index (χ1) is 10.2. The molecule has 4 nitrogen and oxygen atoms in total. The molecule has 2 aromatic carbocycles. The molecule has 0 aliphatic rings. The Balaban J connectivity index is 1.87. The smallest absolute Gasteiger partial charge is 0.195 e. The zero-order valence-corrected chi connectivity index (χ0v) is 12.2. The van der Waals surface area contributed by atoms with Gasteiger partial charge in [-0.3, -0.25) is 9.67 Å². The Bertz CT molecular complexity index is 775. The SMILES string of the molecule is Oc1ccc(-c2n[nH]c(=S)n2CCc2ccccc2)cc1. The van der Waals surface area contributed by atoms with Crippen LogP contribution in [0, 0.1) is 4.77 Å². The van der Waals surface area contributed by atoms with Crippen LogP contribution in [0.25, 0.3) is 11.4 Å². The molecule has 0 saturated heterocycles. The molecule has 0 fully saturated rings. The van der Waals surface area contributed by atoms with E-state index in [9.17, 15) is 5.11 Å². The molecule has 0 unspecified atom stereocenters. The normalized spacial score (nSPS) is 10.7. The highest BCUT2D eigenvalue weighted by Crippen LogP contribution is 2.20. The van der Waals surface area contributed by atoms with Gasteiger partial charge in [0.2, 0.25) is 0 Å². The standard InChI is InChI=1S/C16H15N3OS/c20-14-8-6-13(7-9-14)15-17-18-16(21)19(15)11-10-12-4-2-1-3-5-12/h1-9,20H,10-11H2,(H,18,21). The maximum absolute atomic E-state index is 9.37. The van der Waals surface area contributed by atoms with Crippen molar-refractivity contribution in [3.63, 3.8) is 0 Å². The van der Waals surface area contributed by atoms with Gasteiger partial charge < -0.3 is 5.11 Å². The van der Waals surface area contributed by atoms with Crippen molar-refractivity contribution < 1.29 is 5.11 Å². The largest absolute Gasteiger partial charge is 0.508 e. The van der Waals surface area contributed by atoms with Crippen LogP contribution in [0.2, 0.25) is 0 Å². The minimum absolute atomic E-state index is 0.240. The Morgan fingerprint density at radius 1 is 1.05 bits per heavy atom. The molecule has 1 heterocycles. The minimum Gasteiger partial charge on any atom is -0.508 e. The number of hydrogen-bond donors (Lipinski definition) is 2. The number of H-pyrrole nitrogens is 1. The van der Waals surface area contributed by atoms with Gasteiger partial charge in [0.1, 0.15) is 5.75 Å². The Morgan fingerprint density at radius 3 is 2.48 bits per heavy atom. The second-order valence-corrected chi connectivity index (χ2v) is 5.17. The van der Waals surface area contributed by atoms with Crippen molar-refractivity contribution in [2.24, 2.45) is 0 Å². The molecule has 106 valence electrons. The van der Waals surface area contributed by atoms with Crippen LogP contribution in [0.4, 0.5) is 0 Å². The highest BCUT2D eigenvalue weighted by Gasteiger charge is 2.08. The third-order valence-electron chi connectivity index (χ3n) is 3.35. The van der Waals surface area contributed by atoms with E-state index in [0.717, 1.165) is 24.4 Å². The summed E-state index contributed by atoms with van der Waals surface area (Å²) in [5, 5.41) is 16.5. The molecule has 0 saturated carbocycles. The zero-order chi connectivity index (χ0) is 14.7. The van der Waals surface area contributed by atoms with Gasteiger partial charge in [0.05, 0.1) is 0 Å². The van der Waals surface area contributed by atoms with E-state index in [2.05, 4.69) is 22.3 Å². The van der Waals surface area contributed by atoms with Crippen molar-refractivity contribution in [1.29, 1.82) is 0 Å². The molecule has 0 amide bonds. The summed E-state index contributed by atoms with van der Waals surface area (Å²) < 4.78 is 2.59. The first kappa shape index (κ1) is 13.6. The van der Waals surface area contributed by atoms with Gasteiger partial charge in [0.15, 0.2) is 10.6 Å². The lowest BCUT2D eigenvalue weighted by molar-refractivity contribution is 0.475. The molecule has 3 rings (SSSR count). The van der Waals surface area contributed by atoms with E-state index in [4.69, 9.17) is 12.2 Å². The van der Waals surface area contributed by atoms with Gasteiger partial charge in [-0.1, -0.05) is 30.3 Å². The second-order valence-electron chi connectivity index (χ2n) is 4.79. The fourth-order valence-electron chi connectivity index (χ4n) is 2.24. The van der Waals surface area contributed by atoms with Crippen molar-refractivity contribution in [3.05, 3.63) is 64.9 Å². The number of aromatic hydroxyl groups is 1. The second kappa shape index (κ2) is 5.93. The summed E-state index contributed by atoms with van der Waals surface area (Å²) in [6, 6.07) is 17.2. The molecule has 3 aromatic rings. The van der Waals surface area contributed by atoms with Gasteiger partial charge in [0, 0.05) is 12.1 Å². The van der Waals surface area contributed by atoms with E-state index in [1.807, 2.05) is 34.9 Å². The molecule has 0 aliphatic heterocycles. The third kappa shape index (κ3) is 3.03. The highest BCUT2D eigenvalue weighted by atomic mass is 32.1. The van der Waals surface area contributed by atoms with Gasteiger partial charge in [-0.05, 0) is 48.5 Å². The van der Waals surface area contributed by atoms with Gasteiger partial charge in [-0.2, -0.15) is 5.10 Å². The number of phenols is 1. The van der Waals surface area contributed by atoms with Crippen LogP contribution in [0.15, 0.2) is 54.6 Å². The summed E-state index contributed by atoms with van der Waals surface area (Å²) in [6.45, 7) is 0.759. The molecule has 0 bridgehead atoms. The van der Waals surface area contributed by atoms with Crippen LogP contribution in [0.1, 0.15) is 5.56 Å². The number of hydrogen-bond acceptors (Lipinski definition) is 3. The number of rotatable bonds is 4. The topological polar surface area (TPSA) is 53.8 Å². The number of aromatic amines is 1. The van der Waals surface area contributed by atoms with Gasteiger partial charge in [0.25, 0.3) is 0 Å². The maximum Gasteiger partial charge on any atom is 0.195 e. The van der Waals surface area contributed by atoms with Crippen molar-refractivity contribution in [3.8, 4) is 17.1 Å². The first-order valence-electron chi connectivity index (χ1n) is 6.72. The van der Waals surface area contributed by atoms with Crippen LogP contribution < -0.4 is 0 Å². The summed E-state index contributed by atoms with van der Waals surface area (Å²) in [6.07, 6.45) is 0.889. The Morgan fingerprint density at radius 2 is 1.76 bits per heavy atom. The van der Waals surface area contributed by atoms with E-state index >= 15 is 0 Å². The Kier molecular flexibility index (Phi) is 3.83. The van der Waals surface area contributed by atoms with Crippen molar-refractivity contribution in [2.45, 2.75) is 13.0 Å². The molecular formula is C16H15N3OS. The number of nitrogens with one attached hydrogen (secondary N) is 1. The summed E-state index contributed by atoms with van der Waals surface area (Å²) in [5.41, 5.74) is 2.19. The molecule has 0 spiro atoms. The lowest BCUT2D eigenvalue weighted by atomic mass is 10.1. The van der Waals surface area contributed by atoms with Gasteiger partial charge in [-0.25, -0.2) is 0 Å². The summed E-state index contributed by atoms with van der Waals surface area (Å²) in [5.74, 6) is 1.03. The van der Waals surface area contributed by atoms with E-state index in [1.54, 1.807) is 12.1 Å². The predicted molar refractivity (Wildman–Crippen MR) is 84.7 cm³/mol. The average molecular weight is 297 g/mol. The fraction of sp³-hybridized carbons (Fsp3) is 0.125. The lowest BCUT2D eigenvalue weighted by Crippen LogP contribution is -2.03. The number of benzene rings is 2. The molecule has 0 aliphatic carbocycles. The maximum atomic E-state index is 9.37. The third-order valence-corrected chi connectivity index (χ3v) is 3.66. The van der Waals surface area contributed by atoms with E-state index in [0.29, 0.717) is 4.77 Å². The number of aryl methyl sites for hydroxylation is 1. The summed E-state index contributed by atoms with van der Waals surface area (Å²) in [7, 11) is 0. The number of aromatic nitrogens is 3. The van der Waals surface area contributed by atoms with Crippen LogP contribution >= 0.6 is 12.2 Å². The molecule has 0 atom stereocenters.